The van der Waals surface area contributed by atoms with Crippen LogP contribution in [0.5, 0.6) is 0 Å². The van der Waals surface area contributed by atoms with Gasteiger partial charge in [0.1, 0.15) is 12.0 Å². The fourth-order valence-corrected chi connectivity index (χ4v) is 2.27. The molecule has 0 unspecified atom stereocenters. The summed E-state index contributed by atoms with van der Waals surface area (Å²) in [4.78, 5) is 1.92. The highest BCUT2D eigenvalue weighted by atomic mass is 35.5. The Kier molecular flexibility index (Phi) is 3.77. The summed E-state index contributed by atoms with van der Waals surface area (Å²) < 4.78 is 26.7. The first-order valence-electron chi connectivity index (χ1n) is 5.46. The molecule has 0 spiro atoms. The first-order chi connectivity index (χ1) is 7.66. The Labute approximate surface area is 99.0 Å². The van der Waals surface area contributed by atoms with Crippen LogP contribution < -0.4 is 0 Å². The zero-order valence-electron chi connectivity index (χ0n) is 8.93. The lowest BCUT2D eigenvalue weighted by Crippen LogP contribution is -2.36. The average molecular weight is 246 g/mol. The zero-order valence-corrected chi connectivity index (χ0v) is 9.68. The van der Waals surface area contributed by atoms with Crippen molar-refractivity contribution in [3.8, 4) is 0 Å². The normalized spacial score (nSPS) is 22.3. The summed E-state index contributed by atoms with van der Waals surface area (Å²) in [5.74, 6) is -0.312. The van der Waals surface area contributed by atoms with E-state index >= 15 is 0 Å². The summed E-state index contributed by atoms with van der Waals surface area (Å²) in [7, 11) is 0. The number of nitrogens with zero attached hydrogens (tertiary/aromatic N) is 1. The summed E-state index contributed by atoms with van der Waals surface area (Å²) in [6, 6.07) is 4.63. The molecule has 0 aliphatic carbocycles. The fraction of sp³-hybridized carbons (Fsp3) is 0.500. The molecule has 0 bridgehead atoms. The molecule has 1 fully saturated rings. The van der Waals surface area contributed by atoms with Gasteiger partial charge in [0.2, 0.25) is 0 Å². The van der Waals surface area contributed by atoms with Gasteiger partial charge in [-0.25, -0.2) is 8.78 Å². The van der Waals surface area contributed by atoms with Gasteiger partial charge in [-0.15, -0.1) is 0 Å². The van der Waals surface area contributed by atoms with E-state index in [1.807, 2.05) is 4.90 Å². The lowest BCUT2D eigenvalue weighted by atomic mass is 10.1. The van der Waals surface area contributed by atoms with Crippen LogP contribution in [0, 0.1) is 5.82 Å². The van der Waals surface area contributed by atoms with Crippen LogP contribution in [0.3, 0.4) is 0 Å². The number of benzene rings is 1. The molecule has 2 rings (SSSR count). The van der Waals surface area contributed by atoms with E-state index in [9.17, 15) is 8.78 Å². The molecule has 0 saturated carbocycles. The van der Waals surface area contributed by atoms with Crippen LogP contribution in [-0.4, -0.2) is 24.2 Å². The zero-order chi connectivity index (χ0) is 11.5. The molecule has 0 radical (unpaired) electrons. The SMILES string of the molecule is Fc1cccc(Cl)c1CN1CCC[C@@H](F)C1. The minimum absolute atomic E-state index is 0.312. The van der Waals surface area contributed by atoms with Crippen molar-refractivity contribution in [3.63, 3.8) is 0 Å². The lowest BCUT2D eigenvalue weighted by molar-refractivity contribution is 0.132. The maximum Gasteiger partial charge on any atom is 0.129 e. The summed E-state index contributed by atoms with van der Waals surface area (Å²) in [5, 5.41) is 0.418. The highest BCUT2D eigenvalue weighted by Gasteiger charge is 2.20. The number of hydrogen-bond donors (Lipinski definition) is 0. The predicted octanol–water partition coefficient (Wildman–Crippen LogP) is 3.41. The van der Waals surface area contributed by atoms with Gasteiger partial charge in [-0.3, -0.25) is 4.90 Å². The van der Waals surface area contributed by atoms with Gasteiger partial charge in [0.15, 0.2) is 0 Å². The molecule has 0 aromatic heterocycles. The molecule has 1 saturated heterocycles. The lowest BCUT2D eigenvalue weighted by Gasteiger charge is -2.29. The maximum atomic E-state index is 13.5. The summed E-state index contributed by atoms with van der Waals surface area (Å²) in [5.41, 5.74) is 0.471. The molecule has 1 atom stereocenters. The Morgan fingerprint density at radius 1 is 1.44 bits per heavy atom. The van der Waals surface area contributed by atoms with E-state index in [1.54, 1.807) is 12.1 Å². The number of piperidine rings is 1. The van der Waals surface area contributed by atoms with Gasteiger partial charge in [0, 0.05) is 23.7 Å². The Hall–Kier alpha value is -0.670. The number of likely N-dealkylation sites (tertiary alicyclic amines) is 1. The summed E-state index contributed by atoms with van der Waals surface area (Å²) in [6.07, 6.45) is 0.647. The topological polar surface area (TPSA) is 3.24 Å². The van der Waals surface area contributed by atoms with Crippen LogP contribution in [0.1, 0.15) is 18.4 Å². The van der Waals surface area contributed by atoms with E-state index in [0.717, 1.165) is 13.0 Å². The minimum atomic E-state index is -0.792. The summed E-state index contributed by atoms with van der Waals surface area (Å²) >= 11 is 5.92. The van der Waals surface area contributed by atoms with Crippen LogP contribution in [0.2, 0.25) is 5.02 Å². The minimum Gasteiger partial charge on any atom is -0.296 e. The Morgan fingerprint density at radius 2 is 2.25 bits per heavy atom. The molecular formula is C12H14ClF2N. The van der Waals surface area contributed by atoms with Crippen LogP contribution >= 0.6 is 11.6 Å². The highest BCUT2D eigenvalue weighted by molar-refractivity contribution is 6.31. The van der Waals surface area contributed by atoms with E-state index < -0.39 is 6.17 Å². The molecule has 1 aliphatic heterocycles. The molecule has 0 amide bonds. The van der Waals surface area contributed by atoms with Crippen LogP contribution in [0.4, 0.5) is 8.78 Å². The van der Waals surface area contributed by atoms with Crippen LogP contribution in [-0.2, 0) is 6.54 Å². The number of alkyl halides is 1. The van der Waals surface area contributed by atoms with Gasteiger partial charge in [-0.2, -0.15) is 0 Å². The van der Waals surface area contributed by atoms with Crippen LogP contribution in [0.25, 0.3) is 0 Å². The Bertz CT molecular complexity index is 350. The molecule has 1 aromatic carbocycles. The van der Waals surface area contributed by atoms with Crippen molar-refractivity contribution >= 4 is 11.6 Å². The molecule has 1 heterocycles. The third kappa shape index (κ3) is 2.71. The van der Waals surface area contributed by atoms with E-state index in [0.29, 0.717) is 30.1 Å². The third-order valence-corrected chi connectivity index (χ3v) is 3.25. The smallest absolute Gasteiger partial charge is 0.129 e. The van der Waals surface area contributed by atoms with E-state index in [2.05, 4.69) is 0 Å². The number of hydrogen-bond acceptors (Lipinski definition) is 1. The second kappa shape index (κ2) is 5.11. The first-order valence-corrected chi connectivity index (χ1v) is 5.84. The van der Waals surface area contributed by atoms with E-state index in [-0.39, 0.29) is 5.82 Å². The fourth-order valence-electron chi connectivity index (χ4n) is 2.05. The van der Waals surface area contributed by atoms with Crippen molar-refractivity contribution in [2.75, 3.05) is 13.1 Å². The second-order valence-electron chi connectivity index (χ2n) is 4.17. The Morgan fingerprint density at radius 3 is 2.94 bits per heavy atom. The molecule has 1 nitrogen and oxygen atoms in total. The van der Waals surface area contributed by atoms with Gasteiger partial charge >= 0.3 is 0 Å². The molecule has 4 heteroatoms. The molecule has 88 valence electrons. The number of rotatable bonds is 2. The van der Waals surface area contributed by atoms with Crippen molar-refractivity contribution in [2.24, 2.45) is 0 Å². The summed E-state index contributed by atoms with van der Waals surface area (Å²) in [6.45, 7) is 1.58. The van der Waals surface area contributed by atoms with Gasteiger partial charge in [-0.05, 0) is 31.5 Å². The Balaban J connectivity index is 2.08. The maximum absolute atomic E-state index is 13.5. The third-order valence-electron chi connectivity index (χ3n) is 2.89. The van der Waals surface area contributed by atoms with Crippen molar-refractivity contribution in [1.82, 2.24) is 4.90 Å². The van der Waals surface area contributed by atoms with Crippen molar-refractivity contribution < 1.29 is 8.78 Å². The van der Waals surface area contributed by atoms with Crippen LogP contribution in [0.15, 0.2) is 18.2 Å². The molecule has 16 heavy (non-hydrogen) atoms. The quantitative estimate of drug-likeness (QED) is 0.772. The monoisotopic (exact) mass is 245 g/mol. The van der Waals surface area contributed by atoms with Gasteiger partial charge in [0.25, 0.3) is 0 Å². The molecular weight excluding hydrogens is 232 g/mol. The largest absolute Gasteiger partial charge is 0.296 e. The van der Waals surface area contributed by atoms with Crippen molar-refractivity contribution in [2.45, 2.75) is 25.6 Å². The number of halogens is 3. The van der Waals surface area contributed by atoms with Crippen molar-refractivity contribution in [3.05, 3.63) is 34.6 Å². The van der Waals surface area contributed by atoms with E-state index in [4.69, 9.17) is 11.6 Å². The van der Waals surface area contributed by atoms with Gasteiger partial charge in [0.05, 0.1) is 0 Å². The van der Waals surface area contributed by atoms with Gasteiger partial charge in [-0.1, -0.05) is 17.7 Å². The second-order valence-corrected chi connectivity index (χ2v) is 4.58. The van der Waals surface area contributed by atoms with Crippen molar-refractivity contribution in [1.29, 1.82) is 0 Å². The van der Waals surface area contributed by atoms with Gasteiger partial charge < -0.3 is 0 Å². The molecule has 1 aliphatic rings. The molecule has 1 aromatic rings. The first kappa shape index (κ1) is 11.8. The van der Waals surface area contributed by atoms with E-state index in [1.165, 1.54) is 6.07 Å². The molecule has 0 N–H and O–H groups in total. The predicted molar refractivity (Wildman–Crippen MR) is 60.8 cm³/mol. The average Bonchev–Trinajstić information content (AvgIpc) is 2.24. The standard InChI is InChI=1S/C12H14ClF2N/c13-11-4-1-5-12(15)10(11)8-16-6-2-3-9(14)7-16/h1,4-5,9H,2-3,6-8H2/t9-/m1/s1. The highest BCUT2D eigenvalue weighted by Crippen LogP contribution is 2.23.